The first kappa shape index (κ1) is 31.9. The number of rotatable bonds is 10. The van der Waals surface area contributed by atoms with E-state index in [1.807, 2.05) is 0 Å². The standard InChI is InChI=1S/C19H27N5O3S4.C3H8.C2H2/c1-6-24(7-2)31(26,27)19-16(25)15(12(5)29-19)21-18-17(22-30-23-18)20-9-14-8-13(10-28-14)11(3)4;1-3-2;1-2/h8,10-11,25H,6-7,9H2,1-5H3,(H,20,22)(H,21,23);3H2,1-2H3;1-2H. The van der Waals surface area contributed by atoms with E-state index in [0.717, 1.165) is 23.1 Å². The Morgan fingerprint density at radius 3 is 2.22 bits per heavy atom. The minimum absolute atomic E-state index is 0.0614. The van der Waals surface area contributed by atoms with Gasteiger partial charge in [-0.25, -0.2) is 8.42 Å². The van der Waals surface area contributed by atoms with E-state index >= 15 is 0 Å². The van der Waals surface area contributed by atoms with Crippen molar-refractivity contribution in [2.45, 2.75) is 71.6 Å². The average molecular weight is 572 g/mol. The Morgan fingerprint density at radius 1 is 1.11 bits per heavy atom. The molecule has 0 amide bonds. The number of aromatic hydroxyl groups is 1. The van der Waals surface area contributed by atoms with Gasteiger partial charge in [-0.1, -0.05) is 48.0 Å². The summed E-state index contributed by atoms with van der Waals surface area (Å²) in [5, 5.41) is 19.2. The second kappa shape index (κ2) is 15.2. The molecule has 0 spiro atoms. The first-order valence-corrected chi connectivity index (χ1v) is 15.5. The molecule has 3 rings (SSSR count). The van der Waals surface area contributed by atoms with Gasteiger partial charge in [0, 0.05) is 22.8 Å². The van der Waals surface area contributed by atoms with E-state index in [-0.39, 0.29) is 9.96 Å². The van der Waals surface area contributed by atoms with Gasteiger partial charge in [0.15, 0.2) is 21.6 Å². The van der Waals surface area contributed by atoms with Gasteiger partial charge in [-0.05, 0) is 29.9 Å². The number of sulfonamides is 1. The molecule has 0 fully saturated rings. The van der Waals surface area contributed by atoms with Gasteiger partial charge in [0.05, 0.1) is 24.0 Å². The normalized spacial score (nSPS) is 11.0. The van der Waals surface area contributed by atoms with E-state index in [9.17, 15) is 13.5 Å². The summed E-state index contributed by atoms with van der Waals surface area (Å²) in [4.78, 5) is 1.84. The molecule has 12 heteroatoms. The third kappa shape index (κ3) is 7.91. The van der Waals surface area contributed by atoms with Crippen molar-refractivity contribution in [3.63, 3.8) is 0 Å². The number of hydrogen-bond donors (Lipinski definition) is 3. The maximum absolute atomic E-state index is 12.9. The van der Waals surface area contributed by atoms with Crippen LogP contribution >= 0.6 is 34.4 Å². The molecule has 0 atom stereocenters. The molecule has 0 aliphatic rings. The summed E-state index contributed by atoms with van der Waals surface area (Å²) < 4.78 is 35.6. The smallest absolute Gasteiger partial charge is 0.256 e. The van der Waals surface area contributed by atoms with Crippen LogP contribution in [0.25, 0.3) is 0 Å². The van der Waals surface area contributed by atoms with Gasteiger partial charge in [0.25, 0.3) is 10.0 Å². The number of thiophene rings is 2. The molecule has 0 saturated carbocycles. The van der Waals surface area contributed by atoms with Crippen LogP contribution in [-0.2, 0) is 16.6 Å². The van der Waals surface area contributed by atoms with E-state index in [1.54, 1.807) is 32.1 Å². The molecular formula is C24H37N5O3S4. The average Bonchev–Trinajstić information content (AvgIpc) is 3.56. The molecule has 0 radical (unpaired) electrons. The fourth-order valence-corrected chi connectivity index (χ4v) is 7.55. The first-order chi connectivity index (χ1) is 17.1. The molecule has 3 aromatic heterocycles. The fraction of sp³-hybridized carbons (Fsp3) is 0.500. The fourth-order valence-electron chi connectivity index (χ4n) is 2.98. The molecular weight excluding hydrogens is 535 g/mol. The second-order valence-corrected chi connectivity index (χ2v) is 12.8. The van der Waals surface area contributed by atoms with E-state index in [2.05, 4.69) is 71.4 Å². The summed E-state index contributed by atoms with van der Waals surface area (Å²) >= 11 is 3.78. The summed E-state index contributed by atoms with van der Waals surface area (Å²) in [6, 6.07) is 2.18. The van der Waals surface area contributed by atoms with Gasteiger partial charge in [0.2, 0.25) is 0 Å². The Labute approximate surface area is 228 Å². The molecule has 0 bridgehead atoms. The van der Waals surface area contributed by atoms with Crippen LogP contribution < -0.4 is 10.6 Å². The Morgan fingerprint density at radius 2 is 1.69 bits per heavy atom. The first-order valence-electron chi connectivity index (χ1n) is 11.7. The Hall–Kier alpha value is -2.17. The van der Waals surface area contributed by atoms with Gasteiger partial charge < -0.3 is 15.7 Å². The van der Waals surface area contributed by atoms with Crippen molar-refractivity contribution in [1.29, 1.82) is 0 Å². The maximum atomic E-state index is 12.9. The number of nitrogens with zero attached hydrogens (tertiary/aromatic N) is 3. The van der Waals surface area contributed by atoms with Crippen LogP contribution in [0.2, 0.25) is 0 Å². The molecule has 3 N–H and O–H groups in total. The molecule has 200 valence electrons. The van der Waals surface area contributed by atoms with E-state index < -0.39 is 10.0 Å². The molecule has 0 aliphatic carbocycles. The van der Waals surface area contributed by atoms with Crippen LogP contribution in [0.15, 0.2) is 15.7 Å². The molecule has 3 aromatic rings. The third-order valence-electron chi connectivity index (χ3n) is 4.81. The highest BCUT2D eigenvalue weighted by molar-refractivity contribution is 7.91. The lowest BCUT2D eigenvalue weighted by Gasteiger charge is -2.17. The summed E-state index contributed by atoms with van der Waals surface area (Å²) in [7, 11) is -3.76. The lowest BCUT2D eigenvalue weighted by molar-refractivity contribution is 0.434. The summed E-state index contributed by atoms with van der Waals surface area (Å²) in [6.45, 7) is 15.2. The SMILES string of the molecule is C#C.CCC.CCN(CC)S(=O)(=O)c1sc(C)c(Nc2nsnc2NCc2cc(C(C)C)cs2)c1O. The number of terminal acetylenes is 1. The van der Waals surface area contributed by atoms with Crippen molar-refractivity contribution in [1.82, 2.24) is 13.1 Å². The van der Waals surface area contributed by atoms with E-state index in [4.69, 9.17) is 0 Å². The summed E-state index contributed by atoms with van der Waals surface area (Å²) in [5.74, 6) is 1.21. The second-order valence-electron chi connectivity index (χ2n) is 7.91. The topological polar surface area (TPSA) is 107 Å². The Bertz CT molecular complexity index is 1190. The zero-order valence-electron chi connectivity index (χ0n) is 22.0. The molecule has 0 unspecified atom stereocenters. The van der Waals surface area contributed by atoms with Gasteiger partial charge in [-0.2, -0.15) is 13.1 Å². The van der Waals surface area contributed by atoms with E-state index in [1.165, 1.54) is 21.2 Å². The van der Waals surface area contributed by atoms with Crippen molar-refractivity contribution in [2.75, 3.05) is 23.7 Å². The number of aryl methyl sites for hydroxylation is 1. The minimum Gasteiger partial charge on any atom is -0.504 e. The number of hydrogen-bond acceptors (Lipinski definition) is 10. The van der Waals surface area contributed by atoms with Gasteiger partial charge in [-0.15, -0.1) is 35.5 Å². The quantitative estimate of drug-likeness (QED) is 0.228. The van der Waals surface area contributed by atoms with Crippen molar-refractivity contribution in [3.05, 3.63) is 26.8 Å². The predicted octanol–water partition coefficient (Wildman–Crippen LogP) is 6.85. The van der Waals surface area contributed by atoms with Crippen LogP contribution in [0.5, 0.6) is 5.75 Å². The molecule has 3 heterocycles. The van der Waals surface area contributed by atoms with Crippen LogP contribution in [0.1, 0.15) is 69.2 Å². The Kier molecular flexibility index (Phi) is 13.4. The molecule has 0 aliphatic heterocycles. The van der Waals surface area contributed by atoms with Crippen LogP contribution in [-0.4, -0.2) is 39.7 Å². The number of nitrogens with one attached hydrogen (secondary N) is 2. The molecule has 0 aromatic carbocycles. The van der Waals surface area contributed by atoms with Crippen molar-refractivity contribution in [2.24, 2.45) is 0 Å². The van der Waals surface area contributed by atoms with Gasteiger partial charge in [0.1, 0.15) is 0 Å². The third-order valence-corrected chi connectivity index (χ3v) is 9.92. The largest absolute Gasteiger partial charge is 0.504 e. The van der Waals surface area contributed by atoms with Crippen LogP contribution in [0.3, 0.4) is 0 Å². The van der Waals surface area contributed by atoms with Gasteiger partial charge >= 0.3 is 0 Å². The van der Waals surface area contributed by atoms with Gasteiger partial charge in [-0.3, -0.25) is 0 Å². The molecule has 0 saturated heterocycles. The highest BCUT2D eigenvalue weighted by Crippen LogP contribution is 2.44. The lowest BCUT2D eigenvalue weighted by atomic mass is 10.1. The van der Waals surface area contributed by atoms with Crippen molar-refractivity contribution in [3.8, 4) is 18.6 Å². The zero-order chi connectivity index (χ0) is 27.5. The van der Waals surface area contributed by atoms with Crippen LogP contribution in [0, 0.1) is 19.8 Å². The molecule has 36 heavy (non-hydrogen) atoms. The Balaban J connectivity index is 0.00000120. The number of aromatic nitrogens is 2. The molecule has 8 nitrogen and oxygen atoms in total. The number of anilines is 3. The zero-order valence-corrected chi connectivity index (χ0v) is 25.2. The monoisotopic (exact) mass is 571 g/mol. The van der Waals surface area contributed by atoms with Crippen LogP contribution in [0.4, 0.5) is 17.3 Å². The van der Waals surface area contributed by atoms with Crippen molar-refractivity contribution < 1.29 is 13.5 Å². The highest BCUT2D eigenvalue weighted by Gasteiger charge is 2.30. The van der Waals surface area contributed by atoms with E-state index in [0.29, 0.717) is 47.8 Å². The van der Waals surface area contributed by atoms with Crippen molar-refractivity contribution >= 4 is 61.7 Å². The highest BCUT2D eigenvalue weighted by atomic mass is 32.2. The predicted molar refractivity (Wildman–Crippen MR) is 156 cm³/mol. The minimum atomic E-state index is -3.76. The lowest BCUT2D eigenvalue weighted by Crippen LogP contribution is -2.30. The summed E-state index contributed by atoms with van der Waals surface area (Å²) in [5.41, 5.74) is 1.64. The summed E-state index contributed by atoms with van der Waals surface area (Å²) in [6.07, 6.45) is 9.25. The maximum Gasteiger partial charge on any atom is 0.256 e.